The van der Waals surface area contributed by atoms with Crippen LogP contribution in [0.25, 0.3) is 0 Å². The van der Waals surface area contributed by atoms with Crippen LogP contribution in [-0.2, 0) is 6.42 Å². The molecule has 12 heavy (non-hydrogen) atoms. The molecule has 0 aromatic carbocycles. The number of rotatable bonds is 3. The van der Waals surface area contributed by atoms with E-state index in [2.05, 4.69) is 0 Å². The highest BCUT2D eigenvalue weighted by Crippen LogP contribution is 2.10. The summed E-state index contributed by atoms with van der Waals surface area (Å²) in [6.07, 6.45) is 1.72. The Morgan fingerprint density at radius 3 is 2.83 bits per heavy atom. The molecule has 3 heteroatoms. The van der Waals surface area contributed by atoms with Crippen molar-refractivity contribution in [3.05, 3.63) is 28.1 Å². The van der Waals surface area contributed by atoms with Gasteiger partial charge in [-0.25, -0.2) is 0 Å². The van der Waals surface area contributed by atoms with Crippen molar-refractivity contribution in [2.24, 2.45) is 0 Å². The number of methoxy groups -OCH3 is 1. The fourth-order valence-corrected chi connectivity index (χ4v) is 0.975. The summed E-state index contributed by atoms with van der Waals surface area (Å²) in [4.78, 5) is 11.0. The molecule has 0 atom stereocenters. The summed E-state index contributed by atoms with van der Waals surface area (Å²) in [5.74, 6) is 0.966. The van der Waals surface area contributed by atoms with E-state index in [4.69, 9.17) is 9.15 Å². The van der Waals surface area contributed by atoms with E-state index in [1.807, 2.05) is 6.92 Å². The molecule has 0 radical (unpaired) electrons. The Bertz CT molecular complexity index is 301. The Labute approximate surface area is 71.0 Å². The van der Waals surface area contributed by atoms with Crippen LogP contribution in [0.15, 0.2) is 21.3 Å². The predicted molar refractivity (Wildman–Crippen MR) is 45.5 cm³/mol. The average molecular weight is 168 g/mol. The second kappa shape index (κ2) is 3.95. The zero-order valence-corrected chi connectivity index (χ0v) is 7.29. The molecule has 1 aromatic heterocycles. The monoisotopic (exact) mass is 168 g/mol. The lowest BCUT2D eigenvalue weighted by atomic mass is 10.2. The van der Waals surface area contributed by atoms with Crippen LogP contribution in [0.1, 0.15) is 19.1 Å². The molecule has 0 amide bonds. The van der Waals surface area contributed by atoms with Gasteiger partial charge < -0.3 is 9.15 Å². The lowest BCUT2D eigenvalue weighted by Crippen LogP contribution is -2.00. The number of hydrogen-bond donors (Lipinski definition) is 0. The standard InChI is InChI=1S/C9H12O3/c1-3-4-8-5-7(10)6-9(11-2)12-8/h5-6H,3-4H2,1-2H3. The first-order chi connectivity index (χ1) is 5.76. The van der Waals surface area contributed by atoms with Crippen LogP contribution < -0.4 is 10.2 Å². The molecule has 3 nitrogen and oxygen atoms in total. The van der Waals surface area contributed by atoms with Gasteiger partial charge in [0.25, 0.3) is 5.95 Å². The smallest absolute Gasteiger partial charge is 0.288 e. The van der Waals surface area contributed by atoms with E-state index < -0.39 is 0 Å². The van der Waals surface area contributed by atoms with Gasteiger partial charge in [0.1, 0.15) is 5.76 Å². The number of aryl methyl sites for hydroxylation is 1. The molecule has 0 bridgehead atoms. The van der Waals surface area contributed by atoms with E-state index in [9.17, 15) is 4.79 Å². The number of hydrogen-bond acceptors (Lipinski definition) is 3. The Morgan fingerprint density at radius 2 is 2.25 bits per heavy atom. The van der Waals surface area contributed by atoms with Gasteiger partial charge in [0.05, 0.1) is 13.2 Å². The molecular formula is C9H12O3. The average Bonchev–Trinajstić information content (AvgIpc) is 2.04. The van der Waals surface area contributed by atoms with Gasteiger partial charge in [0.2, 0.25) is 0 Å². The van der Waals surface area contributed by atoms with Crippen molar-refractivity contribution in [2.45, 2.75) is 19.8 Å². The first kappa shape index (κ1) is 8.84. The molecule has 0 aliphatic heterocycles. The van der Waals surface area contributed by atoms with E-state index in [0.717, 1.165) is 12.8 Å². The minimum absolute atomic E-state index is 0.0680. The van der Waals surface area contributed by atoms with E-state index in [0.29, 0.717) is 5.76 Å². The van der Waals surface area contributed by atoms with Gasteiger partial charge in [0, 0.05) is 12.5 Å². The Hall–Kier alpha value is -1.25. The second-order valence-corrected chi connectivity index (χ2v) is 2.53. The summed E-state index contributed by atoms with van der Waals surface area (Å²) in [6, 6.07) is 2.82. The summed E-state index contributed by atoms with van der Waals surface area (Å²) in [5, 5.41) is 0. The summed E-state index contributed by atoms with van der Waals surface area (Å²) < 4.78 is 10.0. The van der Waals surface area contributed by atoms with E-state index in [-0.39, 0.29) is 11.4 Å². The largest absolute Gasteiger partial charge is 0.468 e. The highest BCUT2D eigenvalue weighted by molar-refractivity contribution is 5.10. The van der Waals surface area contributed by atoms with Gasteiger partial charge in [-0.3, -0.25) is 4.79 Å². The molecule has 1 heterocycles. The minimum Gasteiger partial charge on any atom is -0.468 e. The molecule has 0 aliphatic carbocycles. The minimum atomic E-state index is -0.0680. The Morgan fingerprint density at radius 1 is 1.50 bits per heavy atom. The van der Waals surface area contributed by atoms with Crippen molar-refractivity contribution in [2.75, 3.05) is 7.11 Å². The first-order valence-electron chi connectivity index (χ1n) is 3.94. The molecule has 0 aliphatic rings. The Kier molecular flexibility index (Phi) is 2.91. The summed E-state index contributed by atoms with van der Waals surface area (Å²) in [6.45, 7) is 2.03. The third-order valence-corrected chi connectivity index (χ3v) is 1.49. The zero-order valence-electron chi connectivity index (χ0n) is 7.29. The molecule has 0 saturated carbocycles. The molecule has 0 fully saturated rings. The van der Waals surface area contributed by atoms with E-state index >= 15 is 0 Å². The van der Waals surface area contributed by atoms with Crippen LogP contribution >= 0.6 is 0 Å². The van der Waals surface area contributed by atoms with Crippen molar-refractivity contribution >= 4 is 0 Å². The van der Waals surface area contributed by atoms with Crippen molar-refractivity contribution in [3.63, 3.8) is 0 Å². The molecule has 0 spiro atoms. The topological polar surface area (TPSA) is 39.4 Å². The van der Waals surface area contributed by atoms with Crippen molar-refractivity contribution in [3.8, 4) is 5.95 Å². The Balaban J connectivity index is 2.98. The highest BCUT2D eigenvalue weighted by Gasteiger charge is 2.00. The third-order valence-electron chi connectivity index (χ3n) is 1.49. The van der Waals surface area contributed by atoms with Crippen molar-refractivity contribution in [1.82, 2.24) is 0 Å². The number of ether oxygens (including phenoxy) is 1. The third kappa shape index (κ3) is 2.12. The molecule has 1 rings (SSSR count). The van der Waals surface area contributed by atoms with Gasteiger partial charge in [-0.05, 0) is 6.42 Å². The maximum atomic E-state index is 11.0. The first-order valence-corrected chi connectivity index (χ1v) is 3.94. The van der Waals surface area contributed by atoms with Gasteiger partial charge in [0.15, 0.2) is 5.43 Å². The second-order valence-electron chi connectivity index (χ2n) is 2.53. The van der Waals surface area contributed by atoms with Gasteiger partial charge in [-0.1, -0.05) is 6.92 Å². The van der Waals surface area contributed by atoms with Crippen LogP contribution in [0.4, 0.5) is 0 Å². The summed E-state index contributed by atoms with van der Waals surface area (Å²) in [7, 11) is 1.48. The lowest BCUT2D eigenvalue weighted by Gasteiger charge is -2.00. The lowest BCUT2D eigenvalue weighted by molar-refractivity contribution is 0.283. The molecule has 1 aromatic rings. The fraction of sp³-hybridized carbons (Fsp3) is 0.444. The SMILES string of the molecule is CCCc1cc(=O)cc(OC)o1. The maximum Gasteiger partial charge on any atom is 0.288 e. The summed E-state index contributed by atoms with van der Waals surface area (Å²) in [5.41, 5.74) is -0.0680. The van der Waals surface area contributed by atoms with Crippen molar-refractivity contribution in [1.29, 1.82) is 0 Å². The van der Waals surface area contributed by atoms with E-state index in [1.54, 1.807) is 0 Å². The normalized spacial score (nSPS) is 9.83. The molecular weight excluding hydrogens is 156 g/mol. The molecule has 0 unspecified atom stereocenters. The van der Waals surface area contributed by atoms with Gasteiger partial charge >= 0.3 is 0 Å². The van der Waals surface area contributed by atoms with Crippen LogP contribution in [0.5, 0.6) is 5.95 Å². The predicted octanol–water partition coefficient (Wildman–Crippen LogP) is 1.60. The maximum absolute atomic E-state index is 11.0. The highest BCUT2D eigenvalue weighted by atomic mass is 16.6. The summed E-state index contributed by atoms with van der Waals surface area (Å²) >= 11 is 0. The van der Waals surface area contributed by atoms with Gasteiger partial charge in [-0.15, -0.1) is 0 Å². The fourth-order valence-electron chi connectivity index (χ4n) is 0.975. The van der Waals surface area contributed by atoms with Crippen molar-refractivity contribution < 1.29 is 9.15 Å². The van der Waals surface area contributed by atoms with Crippen LogP contribution in [-0.4, -0.2) is 7.11 Å². The van der Waals surface area contributed by atoms with E-state index in [1.165, 1.54) is 19.2 Å². The molecule has 0 saturated heterocycles. The van der Waals surface area contributed by atoms with Crippen LogP contribution in [0.3, 0.4) is 0 Å². The van der Waals surface area contributed by atoms with Crippen LogP contribution in [0.2, 0.25) is 0 Å². The van der Waals surface area contributed by atoms with Crippen LogP contribution in [0, 0.1) is 0 Å². The van der Waals surface area contributed by atoms with Gasteiger partial charge in [-0.2, -0.15) is 0 Å². The molecule has 66 valence electrons. The zero-order chi connectivity index (χ0) is 8.97. The quantitative estimate of drug-likeness (QED) is 0.688. The molecule has 0 N–H and O–H groups in total.